The molecule has 108 valence electrons. The molecule has 6 nitrogen and oxygen atoms in total. The van der Waals surface area contributed by atoms with Crippen LogP contribution in [0.15, 0.2) is 0 Å². The van der Waals surface area contributed by atoms with Crippen LogP contribution in [0.1, 0.15) is 26.2 Å². The van der Waals surface area contributed by atoms with Crippen LogP contribution in [-0.4, -0.2) is 65.8 Å². The Bertz CT molecular complexity index is 348. The molecule has 6 heteroatoms. The zero-order chi connectivity index (χ0) is 13.8. The maximum Gasteiger partial charge on any atom is 0.328 e. The van der Waals surface area contributed by atoms with Gasteiger partial charge in [0.2, 0.25) is 0 Å². The summed E-state index contributed by atoms with van der Waals surface area (Å²) in [5.41, 5.74) is 0. The van der Waals surface area contributed by atoms with Gasteiger partial charge in [0.15, 0.2) is 6.04 Å². The highest BCUT2D eigenvalue weighted by Gasteiger charge is 2.37. The average Bonchev–Trinajstić information content (AvgIpc) is 2.87. The smallest absolute Gasteiger partial charge is 0.328 e. The lowest BCUT2D eigenvalue weighted by Crippen LogP contribution is -2.56. The third-order valence-electron chi connectivity index (χ3n) is 3.91. The van der Waals surface area contributed by atoms with E-state index in [1.165, 1.54) is 4.90 Å². The van der Waals surface area contributed by atoms with Crippen LogP contribution < -0.4 is 0 Å². The van der Waals surface area contributed by atoms with E-state index in [9.17, 15) is 9.59 Å². The lowest BCUT2D eigenvalue weighted by atomic mass is 10.0. The highest BCUT2D eigenvalue weighted by atomic mass is 16.5. The Morgan fingerprint density at radius 1 is 1.37 bits per heavy atom. The first-order chi connectivity index (χ1) is 9.13. The molecule has 2 unspecified atom stereocenters. The summed E-state index contributed by atoms with van der Waals surface area (Å²) >= 11 is 0. The number of likely N-dealkylation sites (tertiary alicyclic amines) is 1. The third-order valence-corrected chi connectivity index (χ3v) is 3.91. The van der Waals surface area contributed by atoms with Crippen molar-refractivity contribution in [3.63, 3.8) is 0 Å². The largest absolute Gasteiger partial charge is 0.480 e. The van der Waals surface area contributed by atoms with E-state index in [1.54, 1.807) is 4.90 Å². The first-order valence-electron chi connectivity index (χ1n) is 6.99. The number of nitrogens with zero attached hydrogens (tertiary/aromatic N) is 2. The number of morpholine rings is 1. The number of carbonyl (C=O) groups is 2. The van der Waals surface area contributed by atoms with E-state index in [0.717, 1.165) is 32.4 Å². The fraction of sp³-hybridized carbons (Fsp3) is 0.846. The molecule has 0 spiro atoms. The molecule has 2 fully saturated rings. The Labute approximate surface area is 113 Å². The van der Waals surface area contributed by atoms with Crippen LogP contribution >= 0.6 is 0 Å². The highest BCUT2D eigenvalue weighted by Crippen LogP contribution is 2.23. The molecule has 2 aliphatic heterocycles. The molecule has 0 aliphatic carbocycles. The van der Waals surface area contributed by atoms with E-state index in [0.29, 0.717) is 19.1 Å². The first-order valence-corrected chi connectivity index (χ1v) is 6.99. The summed E-state index contributed by atoms with van der Waals surface area (Å²) < 4.78 is 5.15. The molecule has 2 aliphatic rings. The molecule has 2 amide bonds. The van der Waals surface area contributed by atoms with Crippen LogP contribution in [0.4, 0.5) is 4.79 Å². The zero-order valence-corrected chi connectivity index (χ0v) is 11.4. The maximum absolute atomic E-state index is 12.4. The van der Waals surface area contributed by atoms with Gasteiger partial charge in [-0.3, -0.25) is 0 Å². The molecule has 0 aromatic rings. The van der Waals surface area contributed by atoms with Gasteiger partial charge in [-0.2, -0.15) is 0 Å². The monoisotopic (exact) mass is 270 g/mol. The van der Waals surface area contributed by atoms with Gasteiger partial charge in [-0.05, 0) is 18.8 Å². The molecule has 1 N–H and O–H groups in total. The first kappa shape index (κ1) is 14.1. The van der Waals surface area contributed by atoms with Gasteiger partial charge in [-0.15, -0.1) is 0 Å². The second kappa shape index (κ2) is 6.23. The van der Waals surface area contributed by atoms with E-state index < -0.39 is 12.0 Å². The Balaban J connectivity index is 1.96. The quantitative estimate of drug-likeness (QED) is 0.831. The fourth-order valence-corrected chi connectivity index (χ4v) is 2.87. The summed E-state index contributed by atoms with van der Waals surface area (Å²) in [7, 11) is 0. The van der Waals surface area contributed by atoms with Crippen molar-refractivity contribution in [2.45, 2.75) is 32.2 Å². The van der Waals surface area contributed by atoms with Gasteiger partial charge in [0, 0.05) is 19.6 Å². The summed E-state index contributed by atoms with van der Waals surface area (Å²) in [6.45, 7) is 4.52. The van der Waals surface area contributed by atoms with Crippen molar-refractivity contribution in [3.8, 4) is 0 Å². The van der Waals surface area contributed by atoms with E-state index in [1.807, 2.05) is 0 Å². The normalized spacial score (nSPS) is 27.6. The minimum Gasteiger partial charge on any atom is -0.480 e. The van der Waals surface area contributed by atoms with Gasteiger partial charge in [-0.1, -0.05) is 13.3 Å². The van der Waals surface area contributed by atoms with E-state index in [2.05, 4.69) is 6.92 Å². The van der Waals surface area contributed by atoms with Crippen molar-refractivity contribution in [3.05, 3.63) is 0 Å². The number of hydrogen-bond donors (Lipinski definition) is 1. The van der Waals surface area contributed by atoms with Crippen molar-refractivity contribution in [2.24, 2.45) is 5.92 Å². The SMILES string of the molecule is CCCC1CCN(C(=O)N2CCOCC2C(=O)O)C1. The molecule has 2 rings (SSSR count). The van der Waals surface area contributed by atoms with Gasteiger partial charge < -0.3 is 19.6 Å². The van der Waals surface area contributed by atoms with Gasteiger partial charge in [0.05, 0.1) is 13.2 Å². The van der Waals surface area contributed by atoms with Crippen LogP contribution in [0.25, 0.3) is 0 Å². The highest BCUT2D eigenvalue weighted by molar-refractivity contribution is 5.83. The topological polar surface area (TPSA) is 70.1 Å². The van der Waals surface area contributed by atoms with Gasteiger partial charge >= 0.3 is 12.0 Å². The van der Waals surface area contributed by atoms with E-state index in [4.69, 9.17) is 9.84 Å². The Morgan fingerprint density at radius 2 is 2.16 bits per heavy atom. The summed E-state index contributed by atoms with van der Waals surface area (Å²) in [5.74, 6) is -0.421. The van der Waals surface area contributed by atoms with Gasteiger partial charge in [0.25, 0.3) is 0 Å². The molecular weight excluding hydrogens is 248 g/mol. The lowest BCUT2D eigenvalue weighted by Gasteiger charge is -2.35. The van der Waals surface area contributed by atoms with E-state index >= 15 is 0 Å². The van der Waals surface area contributed by atoms with Crippen LogP contribution in [0.5, 0.6) is 0 Å². The lowest BCUT2D eigenvalue weighted by molar-refractivity contribution is -0.147. The minimum absolute atomic E-state index is 0.0906. The number of carboxylic acids is 1. The van der Waals surface area contributed by atoms with Crippen LogP contribution in [0.3, 0.4) is 0 Å². The standard InChI is InChI=1S/C13H22N2O4/c1-2-3-10-4-5-14(8-10)13(18)15-6-7-19-9-11(15)12(16)17/h10-11H,2-9H2,1H3,(H,16,17). The minimum atomic E-state index is -0.989. The number of urea groups is 1. The summed E-state index contributed by atoms with van der Waals surface area (Å²) in [5, 5.41) is 9.14. The molecule has 2 heterocycles. The number of carboxylic acid groups (broad SMARTS) is 1. The number of amides is 2. The molecule has 19 heavy (non-hydrogen) atoms. The molecule has 2 atom stereocenters. The van der Waals surface area contributed by atoms with Crippen LogP contribution in [0, 0.1) is 5.92 Å². The Morgan fingerprint density at radius 3 is 2.84 bits per heavy atom. The van der Waals surface area contributed by atoms with Gasteiger partial charge in [0.1, 0.15) is 0 Å². The predicted octanol–water partition coefficient (Wildman–Crippen LogP) is 1.01. The number of aliphatic carboxylic acids is 1. The number of carbonyl (C=O) groups excluding carboxylic acids is 1. The second-order valence-corrected chi connectivity index (χ2v) is 5.29. The number of hydrogen-bond acceptors (Lipinski definition) is 3. The maximum atomic E-state index is 12.4. The van der Waals surface area contributed by atoms with Crippen LogP contribution in [0.2, 0.25) is 0 Å². The Hall–Kier alpha value is -1.30. The Kier molecular flexibility index (Phi) is 4.63. The molecular formula is C13H22N2O4. The fourth-order valence-electron chi connectivity index (χ4n) is 2.87. The second-order valence-electron chi connectivity index (χ2n) is 5.29. The van der Waals surface area contributed by atoms with Crippen molar-refractivity contribution in [2.75, 3.05) is 32.8 Å². The van der Waals surface area contributed by atoms with Gasteiger partial charge in [-0.25, -0.2) is 9.59 Å². The zero-order valence-electron chi connectivity index (χ0n) is 11.4. The molecule has 0 radical (unpaired) electrons. The molecule has 0 bridgehead atoms. The summed E-state index contributed by atoms with van der Waals surface area (Å²) in [6.07, 6.45) is 3.29. The average molecular weight is 270 g/mol. The van der Waals surface area contributed by atoms with Crippen molar-refractivity contribution in [1.29, 1.82) is 0 Å². The molecule has 0 aromatic heterocycles. The summed E-state index contributed by atoms with van der Waals surface area (Å²) in [4.78, 5) is 26.8. The van der Waals surface area contributed by atoms with E-state index in [-0.39, 0.29) is 12.6 Å². The molecule has 2 saturated heterocycles. The third kappa shape index (κ3) is 3.18. The van der Waals surface area contributed by atoms with Crippen molar-refractivity contribution in [1.82, 2.24) is 9.80 Å². The molecule has 0 saturated carbocycles. The van der Waals surface area contributed by atoms with Crippen LogP contribution in [-0.2, 0) is 9.53 Å². The van der Waals surface area contributed by atoms with Crippen molar-refractivity contribution >= 4 is 12.0 Å². The van der Waals surface area contributed by atoms with Crippen molar-refractivity contribution < 1.29 is 19.4 Å². The molecule has 0 aromatic carbocycles. The predicted molar refractivity (Wildman–Crippen MR) is 68.9 cm³/mol. The number of ether oxygens (including phenoxy) is 1. The summed E-state index contributed by atoms with van der Waals surface area (Å²) in [6, 6.07) is -0.985. The number of rotatable bonds is 3.